The lowest BCUT2D eigenvalue weighted by Crippen LogP contribution is -2.15. The molecule has 2 aliphatic carbocycles. The Balaban J connectivity index is 1.47. The zero-order valence-electron chi connectivity index (χ0n) is 17.5. The second-order valence-electron chi connectivity index (χ2n) is 8.77. The van der Waals surface area contributed by atoms with E-state index in [1.807, 2.05) is 0 Å². The molecule has 3 unspecified atom stereocenters. The normalized spacial score (nSPS) is 20.9. The van der Waals surface area contributed by atoms with Crippen LogP contribution in [0, 0.1) is 17.7 Å². The van der Waals surface area contributed by atoms with Gasteiger partial charge in [0.05, 0.1) is 47.4 Å². The minimum Gasteiger partial charge on any atom is -0.388 e. The lowest BCUT2D eigenvalue weighted by molar-refractivity contribution is -0.117. The van der Waals surface area contributed by atoms with Crippen molar-refractivity contribution in [3.8, 4) is 11.3 Å². The van der Waals surface area contributed by atoms with Gasteiger partial charge in [-0.25, -0.2) is 22.5 Å². The van der Waals surface area contributed by atoms with Gasteiger partial charge in [0.1, 0.15) is 12.0 Å². The molecule has 3 aromatic heterocycles. The molecule has 0 aliphatic heterocycles. The first kappa shape index (κ1) is 21.0. The van der Waals surface area contributed by atoms with Crippen LogP contribution in [0.3, 0.4) is 0 Å². The zero-order valence-corrected chi connectivity index (χ0v) is 17.5. The molecule has 8 nitrogen and oxygen atoms in total. The molecule has 0 spiro atoms. The number of nitrogens with zero attached hydrogens (tertiary/aromatic N) is 4. The van der Waals surface area contributed by atoms with E-state index in [9.17, 15) is 23.1 Å². The number of aliphatic hydroxyl groups is 1. The van der Waals surface area contributed by atoms with Crippen molar-refractivity contribution in [3.05, 3.63) is 41.7 Å². The van der Waals surface area contributed by atoms with Crippen molar-refractivity contribution in [2.45, 2.75) is 38.0 Å². The number of amides is 1. The Kier molecular flexibility index (Phi) is 4.63. The summed E-state index contributed by atoms with van der Waals surface area (Å²) in [5.41, 5.74) is -0.762. The molecule has 2 fully saturated rings. The number of benzene rings is 1. The number of hydrogen-bond acceptors (Lipinski definition) is 5. The van der Waals surface area contributed by atoms with Crippen LogP contribution in [0.15, 0.2) is 24.8 Å². The fraction of sp³-hybridized carbons (Fsp3) is 0.364. The Morgan fingerprint density at radius 2 is 2.00 bits per heavy atom. The number of imidazole rings is 1. The number of H-pyrrole nitrogens is 1. The Morgan fingerprint density at radius 1 is 1.24 bits per heavy atom. The van der Waals surface area contributed by atoms with Crippen LogP contribution in [-0.4, -0.2) is 41.8 Å². The van der Waals surface area contributed by atoms with Crippen molar-refractivity contribution in [3.63, 3.8) is 0 Å². The standard InChI is InChI=1S/C22H18F4N6O2/c23-11-3-9(11)22(34)30-13-7-32-6-12(27-5-14(32)29-13)15-10-4-28-31-19(10)17(20(33)8-1-2-8)18(24)16(15)21(25)26/h4-9,11,20-21,33H,1-3H2,(H,28,31)(H,30,34). The van der Waals surface area contributed by atoms with E-state index in [4.69, 9.17) is 0 Å². The summed E-state index contributed by atoms with van der Waals surface area (Å²) < 4.78 is 58.4. The maximum Gasteiger partial charge on any atom is 0.267 e. The van der Waals surface area contributed by atoms with E-state index in [0.29, 0.717) is 18.5 Å². The number of aromatic nitrogens is 5. The van der Waals surface area contributed by atoms with Crippen molar-refractivity contribution in [2.24, 2.45) is 11.8 Å². The van der Waals surface area contributed by atoms with Gasteiger partial charge in [-0.3, -0.25) is 14.9 Å². The van der Waals surface area contributed by atoms with Crippen LogP contribution >= 0.6 is 0 Å². The quantitative estimate of drug-likeness (QED) is 0.365. The molecule has 176 valence electrons. The Hall–Kier alpha value is -3.54. The number of anilines is 1. The Bertz CT molecular complexity index is 1450. The summed E-state index contributed by atoms with van der Waals surface area (Å²) >= 11 is 0. The molecule has 4 aromatic rings. The fourth-order valence-corrected chi connectivity index (χ4v) is 4.34. The molecular weight excluding hydrogens is 456 g/mol. The largest absolute Gasteiger partial charge is 0.388 e. The van der Waals surface area contributed by atoms with E-state index in [-0.39, 0.29) is 45.9 Å². The van der Waals surface area contributed by atoms with Crippen molar-refractivity contribution in [1.29, 1.82) is 0 Å². The number of alkyl halides is 3. The van der Waals surface area contributed by atoms with E-state index in [2.05, 4.69) is 25.5 Å². The number of nitrogens with one attached hydrogen (secondary N) is 2. The second kappa shape index (κ2) is 7.49. The molecule has 0 saturated heterocycles. The zero-order chi connectivity index (χ0) is 23.7. The highest BCUT2D eigenvalue weighted by molar-refractivity contribution is 5.98. The summed E-state index contributed by atoms with van der Waals surface area (Å²) in [5, 5.41) is 19.8. The van der Waals surface area contributed by atoms with Gasteiger partial charge in [0.15, 0.2) is 11.5 Å². The van der Waals surface area contributed by atoms with E-state index in [1.54, 1.807) is 0 Å². The molecule has 6 rings (SSSR count). The van der Waals surface area contributed by atoms with Crippen LogP contribution in [0.4, 0.5) is 23.4 Å². The lowest BCUT2D eigenvalue weighted by Gasteiger charge is -2.18. The number of hydrogen-bond donors (Lipinski definition) is 3. The van der Waals surface area contributed by atoms with Gasteiger partial charge in [-0.1, -0.05) is 0 Å². The molecule has 34 heavy (non-hydrogen) atoms. The molecule has 2 aliphatic rings. The first-order valence-corrected chi connectivity index (χ1v) is 10.8. The first-order chi connectivity index (χ1) is 16.3. The Labute approximate surface area is 189 Å². The highest BCUT2D eigenvalue weighted by Crippen LogP contribution is 2.47. The summed E-state index contributed by atoms with van der Waals surface area (Å²) in [4.78, 5) is 20.4. The number of aliphatic hydroxyl groups excluding tert-OH is 1. The summed E-state index contributed by atoms with van der Waals surface area (Å²) in [7, 11) is 0. The van der Waals surface area contributed by atoms with Gasteiger partial charge in [-0.15, -0.1) is 0 Å². The number of aromatic amines is 1. The van der Waals surface area contributed by atoms with E-state index < -0.39 is 41.9 Å². The lowest BCUT2D eigenvalue weighted by atomic mass is 9.92. The van der Waals surface area contributed by atoms with Crippen LogP contribution < -0.4 is 5.32 Å². The second-order valence-corrected chi connectivity index (χ2v) is 8.77. The number of carbonyl (C=O) groups is 1. The van der Waals surface area contributed by atoms with Gasteiger partial charge in [0, 0.05) is 22.7 Å². The van der Waals surface area contributed by atoms with Crippen LogP contribution in [0.1, 0.15) is 42.9 Å². The van der Waals surface area contributed by atoms with Gasteiger partial charge < -0.3 is 14.8 Å². The molecule has 12 heteroatoms. The monoisotopic (exact) mass is 474 g/mol. The van der Waals surface area contributed by atoms with Crippen LogP contribution in [0.25, 0.3) is 27.8 Å². The minimum absolute atomic E-state index is 0.0295. The van der Waals surface area contributed by atoms with Gasteiger partial charge in [0.25, 0.3) is 6.43 Å². The third-order valence-electron chi connectivity index (χ3n) is 6.40. The van der Waals surface area contributed by atoms with Crippen LogP contribution in [0.2, 0.25) is 0 Å². The molecule has 0 bridgehead atoms. The van der Waals surface area contributed by atoms with Crippen LogP contribution in [0.5, 0.6) is 0 Å². The predicted octanol–water partition coefficient (Wildman–Crippen LogP) is 4.09. The molecular formula is C22H18F4N6O2. The number of carbonyl (C=O) groups excluding carboxylic acids is 1. The molecule has 1 aromatic carbocycles. The molecule has 2 saturated carbocycles. The number of halogens is 4. The molecule has 3 atom stereocenters. The van der Waals surface area contributed by atoms with Gasteiger partial charge in [-0.2, -0.15) is 5.10 Å². The summed E-state index contributed by atoms with van der Waals surface area (Å²) in [5.74, 6) is -2.41. The highest BCUT2D eigenvalue weighted by Gasteiger charge is 2.44. The van der Waals surface area contributed by atoms with Crippen LogP contribution in [-0.2, 0) is 4.79 Å². The number of fused-ring (bicyclic) bond motifs is 2. The maximum atomic E-state index is 15.5. The predicted molar refractivity (Wildman–Crippen MR) is 112 cm³/mol. The summed E-state index contributed by atoms with van der Waals surface area (Å²) in [6.07, 6.45) is 1.40. The SMILES string of the molecule is O=C(Nc1cn2cc(-c3c(C(F)F)c(F)c(C(O)C4CC4)c4[nH]ncc34)ncc2n1)C1CC1F. The van der Waals surface area contributed by atoms with Gasteiger partial charge in [0.2, 0.25) is 5.91 Å². The molecule has 1 amide bonds. The minimum atomic E-state index is -3.18. The van der Waals surface area contributed by atoms with Gasteiger partial charge in [-0.05, 0) is 25.2 Å². The summed E-state index contributed by atoms with van der Waals surface area (Å²) in [6, 6.07) is 0. The van der Waals surface area contributed by atoms with Crippen molar-refractivity contribution >= 4 is 28.3 Å². The van der Waals surface area contributed by atoms with Crippen molar-refractivity contribution in [2.75, 3.05) is 5.32 Å². The third kappa shape index (κ3) is 3.31. The fourth-order valence-electron chi connectivity index (χ4n) is 4.34. The average Bonchev–Trinajstić information content (AvgIpc) is 3.68. The van der Waals surface area contributed by atoms with Crippen molar-refractivity contribution in [1.82, 2.24) is 24.6 Å². The first-order valence-electron chi connectivity index (χ1n) is 10.8. The highest BCUT2D eigenvalue weighted by atomic mass is 19.3. The topological polar surface area (TPSA) is 108 Å². The number of rotatable bonds is 6. The van der Waals surface area contributed by atoms with Crippen molar-refractivity contribution < 1.29 is 27.5 Å². The van der Waals surface area contributed by atoms with E-state index >= 15 is 4.39 Å². The molecule has 3 N–H and O–H groups in total. The Morgan fingerprint density at radius 3 is 2.68 bits per heavy atom. The summed E-state index contributed by atoms with van der Waals surface area (Å²) in [6.45, 7) is 0. The maximum absolute atomic E-state index is 15.5. The third-order valence-corrected chi connectivity index (χ3v) is 6.40. The van der Waals surface area contributed by atoms with E-state index in [1.165, 1.54) is 29.2 Å². The molecule has 3 heterocycles. The molecule has 0 radical (unpaired) electrons. The average molecular weight is 474 g/mol. The smallest absolute Gasteiger partial charge is 0.267 e. The van der Waals surface area contributed by atoms with E-state index in [0.717, 1.165) is 0 Å². The van der Waals surface area contributed by atoms with Gasteiger partial charge >= 0.3 is 0 Å².